The molecule has 3 N–H and O–H groups in total. The van der Waals surface area contributed by atoms with E-state index in [2.05, 4.69) is 17.4 Å². The molecule has 3 nitrogen and oxygen atoms in total. The van der Waals surface area contributed by atoms with E-state index in [4.69, 9.17) is 5.73 Å². The molecular weight excluding hydrogens is 256 g/mol. The molecule has 0 aromatic heterocycles. The molecule has 0 unspecified atom stereocenters. The average molecular weight is 270 g/mol. The van der Waals surface area contributed by atoms with Crippen molar-refractivity contribution in [2.75, 3.05) is 11.1 Å². The molecule has 3 rings (SSSR count). The number of benzene rings is 2. The van der Waals surface area contributed by atoms with E-state index in [1.807, 2.05) is 30.3 Å². The molecule has 0 aliphatic carbocycles. The van der Waals surface area contributed by atoms with Crippen LogP contribution in [0.25, 0.3) is 0 Å². The van der Waals surface area contributed by atoms with Gasteiger partial charge < -0.3 is 11.1 Å². The van der Waals surface area contributed by atoms with Crippen molar-refractivity contribution in [2.45, 2.75) is 17.1 Å². The Labute approximate surface area is 116 Å². The van der Waals surface area contributed by atoms with E-state index >= 15 is 0 Å². The van der Waals surface area contributed by atoms with Gasteiger partial charge in [-0.25, -0.2) is 0 Å². The maximum atomic E-state index is 11.3. The Bertz CT molecular complexity index is 626. The summed E-state index contributed by atoms with van der Waals surface area (Å²) in [7, 11) is 0. The molecule has 1 amide bonds. The fraction of sp³-hybridized carbons (Fsp3) is 0.133. The van der Waals surface area contributed by atoms with Gasteiger partial charge in [0.15, 0.2) is 0 Å². The zero-order valence-corrected chi connectivity index (χ0v) is 11.2. The van der Waals surface area contributed by atoms with Crippen molar-refractivity contribution < 1.29 is 4.79 Å². The van der Waals surface area contributed by atoms with Crippen LogP contribution in [0.15, 0.2) is 47.4 Å². The highest BCUT2D eigenvalue weighted by Gasteiger charge is 2.19. The van der Waals surface area contributed by atoms with E-state index in [-0.39, 0.29) is 5.91 Å². The summed E-state index contributed by atoms with van der Waals surface area (Å²) >= 11 is 1.69. The largest absolute Gasteiger partial charge is 0.398 e. The summed E-state index contributed by atoms with van der Waals surface area (Å²) in [6.45, 7) is 0. The summed E-state index contributed by atoms with van der Waals surface area (Å²) in [4.78, 5) is 12.4. The third-order valence-corrected chi connectivity index (χ3v) is 4.24. The van der Waals surface area contributed by atoms with Crippen LogP contribution in [-0.4, -0.2) is 5.91 Å². The second-order valence-corrected chi connectivity index (χ2v) is 5.56. The van der Waals surface area contributed by atoms with Crippen LogP contribution in [0.3, 0.4) is 0 Å². The molecule has 1 heterocycles. The molecule has 2 aromatic carbocycles. The van der Waals surface area contributed by atoms with Gasteiger partial charge in [-0.15, -0.1) is 11.8 Å². The summed E-state index contributed by atoms with van der Waals surface area (Å²) in [6.07, 6.45) is 0.434. The Morgan fingerprint density at radius 1 is 1.21 bits per heavy atom. The van der Waals surface area contributed by atoms with Crippen molar-refractivity contribution in [1.82, 2.24) is 0 Å². The van der Waals surface area contributed by atoms with Gasteiger partial charge in [0.2, 0.25) is 5.91 Å². The lowest BCUT2D eigenvalue weighted by molar-refractivity contribution is -0.115. The number of carbonyl (C=O) groups is 1. The number of fused-ring (bicyclic) bond motifs is 1. The highest BCUT2D eigenvalue weighted by molar-refractivity contribution is 7.98. The second kappa shape index (κ2) is 4.97. The van der Waals surface area contributed by atoms with Gasteiger partial charge in [0.05, 0.1) is 6.42 Å². The Hall–Kier alpha value is -1.94. The van der Waals surface area contributed by atoms with Crippen molar-refractivity contribution in [1.29, 1.82) is 0 Å². The Kier molecular flexibility index (Phi) is 3.17. The lowest BCUT2D eigenvalue weighted by Crippen LogP contribution is -2.03. The van der Waals surface area contributed by atoms with Gasteiger partial charge in [-0.3, -0.25) is 4.79 Å². The number of carbonyl (C=O) groups excluding carboxylic acids is 1. The summed E-state index contributed by atoms with van der Waals surface area (Å²) in [5.74, 6) is 0.914. The van der Waals surface area contributed by atoms with Crippen LogP contribution in [0, 0.1) is 0 Å². The standard InChI is InChI=1S/C15H14N2OS/c16-12-6-11-7-15(18)17-13(11)8-14(12)19-9-10-4-2-1-3-5-10/h1-6,8H,7,9,16H2,(H,17,18). The molecule has 0 saturated heterocycles. The number of amides is 1. The highest BCUT2D eigenvalue weighted by atomic mass is 32.2. The van der Waals surface area contributed by atoms with Crippen molar-refractivity contribution in [3.05, 3.63) is 53.6 Å². The molecule has 1 aliphatic rings. The Morgan fingerprint density at radius 3 is 2.79 bits per heavy atom. The van der Waals surface area contributed by atoms with Gasteiger partial charge in [-0.1, -0.05) is 30.3 Å². The zero-order chi connectivity index (χ0) is 13.2. The molecule has 0 radical (unpaired) electrons. The number of hydrogen-bond donors (Lipinski definition) is 2. The smallest absolute Gasteiger partial charge is 0.228 e. The molecule has 0 atom stereocenters. The maximum Gasteiger partial charge on any atom is 0.228 e. The zero-order valence-electron chi connectivity index (χ0n) is 10.3. The minimum Gasteiger partial charge on any atom is -0.398 e. The third kappa shape index (κ3) is 2.58. The van der Waals surface area contributed by atoms with Crippen LogP contribution in [0.1, 0.15) is 11.1 Å². The van der Waals surface area contributed by atoms with Crippen LogP contribution in [0.2, 0.25) is 0 Å². The molecule has 0 saturated carbocycles. The predicted octanol–water partition coefficient (Wildman–Crippen LogP) is 3.06. The molecule has 0 bridgehead atoms. The van der Waals surface area contributed by atoms with E-state index in [0.717, 1.165) is 27.6 Å². The van der Waals surface area contributed by atoms with E-state index in [9.17, 15) is 4.79 Å². The number of thioether (sulfide) groups is 1. The minimum atomic E-state index is 0.0413. The number of nitrogen functional groups attached to an aromatic ring is 1. The van der Waals surface area contributed by atoms with Crippen LogP contribution >= 0.6 is 11.8 Å². The van der Waals surface area contributed by atoms with Gasteiger partial charge in [-0.2, -0.15) is 0 Å². The minimum absolute atomic E-state index is 0.0413. The molecule has 19 heavy (non-hydrogen) atoms. The molecule has 4 heteroatoms. The lowest BCUT2D eigenvalue weighted by atomic mass is 10.1. The lowest BCUT2D eigenvalue weighted by Gasteiger charge is -2.08. The average Bonchev–Trinajstić information content (AvgIpc) is 2.76. The van der Waals surface area contributed by atoms with Crippen LogP contribution in [-0.2, 0) is 17.0 Å². The normalized spacial score (nSPS) is 13.2. The van der Waals surface area contributed by atoms with Crippen molar-refractivity contribution >= 4 is 29.0 Å². The van der Waals surface area contributed by atoms with E-state index in [0.29, 0.717) is 6.42 Å². The number of nitrogens with two attached hydrogens (primary N) is 1. The van der Waals surface area contributed by atoms with E-state index < -0.39 is 0 Å². The number of rotatable bonds is 3. The number of anilines is 2. The molecule has 96 valence electrons. The summed E-state index contributed by atoms with van der Waals surface area (Å²) in [6, 6.07) is 14.1. The fourth-order valence-electron chi connectivity index (χ4n) is 2.13. The van der Waals surface area contributed by atoms with Gasteiger partial charge in [-0.05, 0) is 23.3 Å². The van der Waals surface area contributed by atoms with Crippen LogP contribution in [0.4, 0.5) is 11.4 Å². The monoisotopic (exact) mass is 270 g/mol. The first-order chi connectivity index (χ1) is 9.22. The Morgan fingerprint density at radius 2 is 2.00 bits per heavy atom. The fourth-order valence-corrected chi connectivity index (χ4v) is 3.08. The predicted molar refractivity (Wildman–Crippen MR) is 79.2 cm³/mol. The quantitative estimate of drug-likeness (QED) is 0.665. The molecule has 0 spiro atoms. The first kappa shape index (κ1) is 12.1. The molecule has 0 fully saturated rings. The third-order valence-electron chi connectivity index (χ3n) is 3.10. The highest BCUT2D eigenvalue weighted by Crippen LogP contribution is 2.35. The van der Waals surface area contributed by atoms with Crippen molar-refractivity contribution in [3.63, 3.8) is 0 Å². The van der Waals surface area contributed by atoms with Crippen molar-refractivity contribution in [2.24, 2.45) is 0 Å². The topological polar surface area (TPSA) is 55.1 Å². The summed E-state index contributed by atoms with van der Waals surface area (Å²) < 4.78 is 0. The van der Waals surface area contributed by atoms with Gasteiger partial charge in [0.25, 0.3) is 0 Å². The van der Waals surface area contributed by atoms with E-state index in [1.54, 1.807) is 11.8 Å². The number of nitrogens with one attached hydrogen (secondary N) is 1. The molecule has 2 aromatic rings. The van der Waals surface area contributed by atoms with Crippen molar-refractivity contribution in [3.8, 4) is 0 Å². The van der Waals surface area contributed by atoms with Crippen LogP contribution in [0.5, 0.6) is 0 Å². The second-order valence-electron chi connectivity index (χ2n) is 4.55. The van der Waals surface area contributed by atoms with Gasteiger partial charge >= 0.3 is 0 Å². The molecule has 1 aliphatic heterocycles. The Balaban J connectivity index is 1.79. The van der Waals surface area contributed by atoms with E-state index in [1.165, 1.54) is 5.56 Å². The molecular formula is C15H14N2OS. The van der Waals surface area contributed by atoms with Gasteiger partial charge in [0.1, 0.15) is 0 Å². The number of hydrogen-bond acceptors (Lipinski definition) is 3. The van der Waals surface area contributed by atoms with Crippen LogP contribution < -0.4 is 11.1 Å². The summed E-state index contributed by atoms with van der Waals surface area (Å²) in [5.41, 5.74) is 9.94. The summed E-state index contributed by atoms with van der Waals surface area (Å²) in [5, 5.41) is 2.86. The van der Waals surface area contributed by atoms with Gasteiger partial charge in [0, 0.05) is 22.0 Å². The first-order valence-corrected chi connectivity index (χ1v) is 7.10. The first-order valence-electron chi connectivity index (χ1n) is 6.11. The SMILES string of the molecule is Nc1cc2c(cc1SCc1ccccc1)NC(=O)C2. The maximum absolute atomic E-state index is 11.3.